The number of rotatable bonds is 5. The topological polar surface area (TPSA) is 75.3 Å². The average molecular weight is 236 g/mol. The molecule has 0 aromatic heterocycles. The summed E-state index contributed by atoms with van der Waals surface area (Å²) in [6.07, 6.45) is 1.05. The van der Waals surface area contributed by atoms with Crippen LogP contribution < -0.4 is 10.0 Å². The minimum atomic E-state index is -3.36. The van der Waals surface area contributed by atoms with Gasteiger partial charge in [0, 0.05) is 6.04 Å². The molecule has 1 atom stereocenters. The number of sulfonamides is 1. The van der Waals surface area contributed by atoms with E-state index in [-0.39, 0.29) is 17.9 Å². The Morgan fingerprint density at radius 2 is 1.60 bits per heavy atom. The quantitative estimate of drug-likeness (QED) is 0.710. The van der Waals surface area contributed by atoms with Crippen LogP contribution in [-0.4, -0.2) is 32.7 Å². The van der Waals surface area contributed by atoms with Gasteiger partial charge in [0.05, 0.1) is 6.26 Å². The van der Waals surface area contributed by atoms with Gasteiger partial charge < -0.3 is 5.32 Å². The molecule has 6 heteroatoms. The smallest absolute Gasteiger partial charge is 0.238 e. The Morgan fingerprint density at radius 1 is 1.13 bits per heavy atom. The van der Waals surface area contributed by atoms with Crippen molar-refractivity contribution in [2.45, 2.75) is 39.8 Å². The largest absolute Gasteiger partial charge is 0.353 e. The fourth-order valence-electron chi connectivity index (χ4n) is 1.10. The molecule has 0 aromatic rings. The third-order valence-corrected chi connectivity index (χ3v) is 2.40. The van der Waals surface area contributed by atoms with Gasteiger partial charge in [-0.2, -0.15) is 0 Å². The zero-order chi connectivity index (χ0) is 12.2. The van der Waals surface area contributed by atoms with Gasteiger partial charge in [-0.1, -0.05) is 13.8 Å². The van der Waals surface area contributed by atoms with E-state index in [0.717, 1.165) is 6.26 Å². The van der Waals surface area contributed by atoms with Crippen LogP contribution in [0.15, 0.2) is 0 Å². The van der Waals surface area contributed by atoms with E-state index >= 15 is 0 Å². The zero-order valence-corrected chi connectivity index (χ0v) is 10.7. The highest BCUT2D eigenvalue weighted by Crippen LogP contribution is 2.03. The number of nitrogens with one attached hydrogen (secondary N) is 2. The molecule has 0 heterocycles. The molecule has 0 rings (SSSR count). The number of hydrogen-bond acceptors (Lipinski definition) is 3. The maximum Gasteiger partial charge on any atom is 0.238 e. The first-order valence-electron chi connectivity index (χ1n) is 4.91. The van der Waals surface area contributed by atoms with Crippen molar-refractivity contribution in [3.63, 3.8) is 0 Å². The van der Waals surface area contributed by atoms with Gasteiger partial charge in [0.2, 0.25) is 15.9 Å². The van der Waals surface area contributed by atoms with Crippen molar-refractivity contribution in [3.05, 3.63) is 0 Å². The van der Waals surface area contributed by atoms with Crippen molar-refractivity contribution in [1.82, 2.24) is 10.0 Å². The molecule has 1 amide bonds. The zero-order valence-electron chi connectivity index (χ0n) is 9.87. The van der Waals surface area contributed by atoms with Crippen LogP contribution in [0, 0.1) is 5.92 Å². The Kier molecular flexibility index (Phi) is 5.23. The highest BCUT2D eigenvalue weighted by Gasteiger charge is 2.25. The first-order chi connectivity index (χ1) is 6.63. The average Bonchev–Trinajstić information content (AvgIpc) is 1.96. The molecule has 0 unspecified atom stereocenters. The lowest BCUT2D eigenvalue weighted by atomic mass is 10.0. The minimum absolute atomic E-state index is 0.000102. The van der Waals surface area contributed by atoms with Crippen LogP contribution in [0.3, 0.4) is 0 Å². The van der Waals surface area contributed by atoms with Gasteiger partial charge in [-0.05, 0) is 19.8 Å². The van der Waals surface area contributed by atoms with Gasteiger partial charge in [-0.25, -0.2) is 13.1 Å². The highest BCUT2D eigenvalue weighted by atomic mass is 32.2. The van der Waals surface area contributed by atoms with Crippen LogP contribution in [0.5, 0.6) is 0 Å². The van der Waals surface area contributed by atoms with Crippen LogP contribution in [0.2, 0.25) is 0 Å². The molecular formula is C9H20N2O3S. The van der Waals surface area contributed by atoms with E-state index in [4.69, 9.17) is 0 Å². The molecule has 0 aromatic carbocycles. The van der Waals surface area contributed by atoms with Crippen LogP contribution in [-0.2, 0) is 14.8 Å². The Labute approximate surface area is 91.7 Å². The standard InChI is InChI=1S/C9H20N2O3S/c1-6(2)8(11-15(5,13)14)9(12)10-7(3)4/h6-8,11H,1-5H3,(H,10,12)/t8-/m0/s1. The molecule has 0 spiro atoms. The van der Waals surface area contributed by atoms with E-state index in [1.807, 2.05) is 13.8 Å². The highest BCUT2D eigenvalue weighted by molar-refractivity contribution is 7.88. The van der Waals surface area contributed by atoms with E-state index in [0.29, 0.717) is 0 Å². The maximum absolute atomic E-state index is 11.6. The Bertz CT molecular complexity index is 309. The van der Waals surface area contributed by atoms with Crippen molar-refractivity contribution in [1.29, 1.82) is 0 Å². The fourth-order valence-corrected chi connectivity index (χ4v) is 1.94. The third-order valence-electron chi connectivity index (χ3n) is 1.72. The van der Waals surface area contributed by atoms with E-state index in [9.17, 15) is 13.2 Å². The Hall–Kier alpha value is -0.620. The number of carbonyl (C=O) groups is 1. The summed E-state index contributed by atoms with van der Waals surface area (Å²) in [5.41, 5.74) is 0. The summed E-state index contributed by atoms with van der Waals surface area (Å²) in [5.74, 6) is -0.371. The summed E-state index contributed by atoms with van der Waals surface area (Å²) in [7, 11) is -3.36. The van der Waals surface area contributed by atoms with E-state index in [1.165, 1.54) is 0 Å². The summed E-state index contributed by atoms with van der Waals surface area (Å²) in [4.78, 5) is 11.6. The fraction of sp³-hybridized carbons (Fsp3) is 0.889. The van der Waals surface area contributed by atoms with Gasteiger partial charge in [0.25, 0.3) is 0 Å². The van der Waals surface area contributed by atoms with Crippen LogP contribution in [0.4, 0.5) is 0 Å². The normalized spacial score (nSPS) is 14.3. The summed E-state index contributed by atoms with van der Waals surface area (Å²) >= 11 is 0. The number of carbonyl (C=O) groups excluding carboxylic acids is 1. The van der Waals surface area contributed by atoms with Crippen molar-refractivity contribution >= 4 is 15.9 Å². The monoisotopic (exact) mass is 236 g/mol. The molecule has 0 saturated heterocycles. The molecule has 5 nitrogen and oxygen atoms in total. The van der Waals surface area contributed by atoms with Gasteiger partial charge >= 0.3 is 0 Å². The second-order valence-corrected chi connectivity index (χ2v) is 6.06. The summed E-state index contributed by atoms with van der Waals surface area (Å²) in [6, 6.07) is -0.706. The molecule has 0 bridgehead atoms. The molecule has 0 aliphatic heterocycles. The lowest BCUT2D eigenvalue weighted by Gasteiger charge is -2.21. The first kappa shape index (κ1) is 14.4. The molecule has 0 aliphatic carbocycles. The summed E-state index contributed by atoms with van der Waals surface area (Å²) < 4.78 is 24.4. The van der Waals surface area contributed by atoms with Crippen molar-refractivity contribution in [2.24, 2.45) is 5.92 Å². The van der Waals surface area contributed by atoms with E-state index in [2.05, 4.69) is 10.0 Å². The van der Waals surface area contributed by atoms with Crippen molar-refractivity contribution in [3.8, 4) is 0 Å². The number of amides is 1. The molecular weight excluding hydrogens is 216 g/mol. The molecule has 15 heavy (non-hydrogen) atoms. The molecule has 0 fully saturated rings. The second-order valence-electron chi connectivity index (χ2n) is 4.27. The Morgan fingerprint density at radius 3 is 1.87 bits per heavy atom. The molecule has 90 valence electrons. The van der Waals surface area contributed by atoms with Crippen LogP contribution in [0.25, 0.3) is 0 Å². The number of hydrogen-bond donors (Lipinski definition) is 2. The van der Waals surface area contributed by atoms with E-state index < -0.39 is 16.1 Å². The van der Waals surface area contributed by atoms with Crippen LogP contribution in [0.1, 0.15) is 27.7 Å². The Balaban J connectivity index is 4.61. The molecule has 0 saturated carbocycles. The molecule has 2 N–H and O–H groups in total. The van der Waals surface area contributed by atoms with Gasteiger partial charge in [0.15, 0.2) is 0 Å². The van der Waals surface area contributed by atoms with E-state index in [1.54, 1.807) is 13.8 Å². The maximum atomic E-state index is 11.6. The van der Waals surface area contributed by atoms with Crippen molar-refractivity contribution < 1.29 is 13.2 Å². The van der Waals surface area contributed by atoms with Gasteiger partial charge in [-0.3, -0.25) is 4.79 Å². The predicted octanol–water partition coefficient (Wildman–Crippen LogP) is 0.0848. The van der Waals surface area contributed by atoms with Gasteiger partial charge in [0.1, 0.15) is 6.04 Å². The molecule has 0 aliphatic rings. The first-order valence-corrected chi connectivity index (χ1v) is 6.80. The third kappa shape index (κ3) is 6.46. The summed E-state index contributed by atoms with van der Waals surface area (Å²) in [6.45, 7) is 7.25. The lowest BCUT2D eigenvalue weighted by Crippen LogP contribution is -2.50. The van der Waals surface area contributed by atoms with Gasteiger partial charge in [-0.15, -0.1) is 0 Å². The lowest BCUT2D eigenvalue weighted by molar-refractivity contribution is -0.124. The summed E-state index contributed by atoms with van der Waals surface area (Å²) in [5, 5.41) is 2.68. The SMILES string of the molecule is CC(C)NC(=O)[C@@H](NS(C)(=O)=O)C(C)C. The van der Waals surface area contributed by atoms with Crippen molar-refractivity contribution in [2.75, 3.05) is 6.26 Å². The second kappa shape index (κ2) is 5.46. The predicted molar refractivity (Wildman–Crippen MR) is 59.9 cm³/mol. The van der Waals surface area contributed by atoms with Crippen LogP contribution >= 0.6 is 0 Å². The molecule has 0 radical (unpaired) electrons. The minimum Gasteiger partial charge on any atom is -0.353 e.